The highest BCUT2D eigenvalue weighted by Gasteiger charge is 2.33. The summed E-state index contributed by atoms with van der Waals surface area (Å²) < 4.78 is 12.0. The van der Waals surface area contributed by atoms with Crippen molar-refractivity contribution in [1.29, 1.82) is 0 Å². The van der Waals surface area contributed by atoms with Crippen molar-refractivity contribution >= 4 is 11.8 Å². The molecule has 0 saturated carbocycles. The summed E-state index contributed by atoms with van der Waals surface area (Å²) in [6, 6.07) is 6.92. The standard InChI is InChI=1S/C21H22N6O4/c1-26-16-12-27(21(29)14-6-7-17(30-2)24-20(14)31-3)11-15(16)18(25-26)19(28)23-10-13-5-4-8-22-9-13/h4-9H,10-12H2,1-3H3,(H,23,28). The van der Waals surface area contributed by atoms with E-state index in [-0.39, 0.29) is 24.2 Å². The van der Waals surface area contributed by atoms with E-state index in [1.165, 1.54) is 14.2 Å². The molecule has 4 rings (SSSR count). The fourth-order valence-corrected chi connectivity index (χ4v) is 3.51. The van der Waals surface area contributed by atoms with Gasteiger partial charge in [-0.3, -0.25) is 19.3 Å². The van der Waals surface area contributed by atoms with E-state index in [0.29, 0.717) is 30.2 Å². The maximum atomic E-state index is 13.1. The van der Waals surface area contributed by atoms with Gasteiger partial charge in [0, 0.05) is 37.6 Å². The van der Waals surface area contributed by atoms with E-state index >= 15 is 0 Å². The first-order chi connectivity index (χ1) is 15.0. The molecule has 3 aromatic rings. The van der Waals surface area contributed by atoms with Crippen LogP contribution in [0.25, 0.3) is 0 Å². The number of nitrogens with zero attached hydrogens (tertiary/aromatic N) is 5. The predicted molar refractivity (Wildman–Crippen MR) is 110 cm³/mol. The Balaban J connectivity index is 1.52. The lowest BCUT2D eigenvalue weighted by Gasteiger charge is -2.18. The van der Waals surface area contributed by atoms with Crippen LogP contribution in [-0.2, 0) is 26.7 Å². The number of hydrogen-bond acceptors (Lipinski definition) is 7. The van der Waals surface area contributed by atoms with E-state index < -0.39 is 0 Å². The molecule has 4 heterocycles. The SMILES string of the molecule is COc1ccc(C(=O)N2Cc3c(C(=O)NCc4cccnc4)nn(C)c3C2)c(OC)n1. The predicted octanol–water partition coefficient (Wildman–Crippen LogP) is 1.31. The Morgan fingerprint density at radius 3 is 2.71 bits per heavy atom. The molecular formula is C21H22N6O4. The molecule has 0 radical (unpaired) electrons. The molecule has 31 heavy (non-hydrogen) atoms. The lowest BCUT2D eigenvalue weighted by Crippen LogP contribution is -2.28. The van der Waals surface area contributed by atoms with Crippen molar-refractivity contribution in [2.24, 2.45) is 7.05 Å². The fourth-order valence-electron chi connectivity index (χ4n) is 3.51. The van der Waals surface area contributed by atoms with Crippen LogP contribution in [0.4, 0.5) is 0 Å². The summed E-state index contributed by atoms with van der Waals surface area (Å²) in [5, 5.41) is 7.23. The highest BCUT2D eigenvalue weighted by molar-refractivity contribution is 5.98. The van der Waals surface area contributed by atoms with Crippen molar-refractivity contribution in [3.63, 3.8) is 0 Å². The van der Waals surface area contributed by atoms with Crippen LogP contribution in [-0.4, -0.2) is 50.7 Å². The number of nitrogens with one attached hydrogen (secondary N) is 1. The zero-order valence-electron chi connectivity index (χ0n) is 17.5. The molecule has 0 atom stereocenters. The molecule has 0 aromatic carbocycles. The molecule has 0 fully saturated rings. The minimum Gasteiger partial charge on any atom is -0.481 e. The zero-order valence-corrected chi connectivity index (χ0v) is 17.5. The summed E-state index contributed by atoms with van der Waals surface area (Å²) in [4.78, 5) is 35.7. The van der Waals surface area contributed by atoms with Crippen molar-refractivity contribution in [2.75, 3.05) is 14.2 Å². The van der Waals surface area contributed by atoms with Gasteiger partial charge in [-0.25, -0.2) is 0 Å². The van der Waals surface area contributed by atoms with E-state index in [2.05, 4.69) is 20.4 Å². The smallest absolute Gasteiger partial charge is 0.272 e. The van der Waals surface area contributed by atoms with Crippen molar-refractivity contribution in [3.05, 3.63) is 64.7 Å². The second-order valence-corrected chi connectivity index (χ2v) is 7.01. The lowest BCUT2D eigenvalue weighted by molar-refractivity contribution is 0.0741. The highest BCUT2D eigenvalue weighted by atomic mass is 16.5. The van der Waals surface area contributed by atoms with Crippen molar-refractivity contribution in [3.8, 4) is 11.8 Å². The topological polar surface area (TPSA) is 111 Å². The molecule has 1 aliphatic heterocycles. The average molecular weight is 422 g/mol. The first kappa shape index (κ1) is 20.3. The normalized spacial score (nSPS) is 12.4. The van der Waals surface area contributed by atoms with E-state index in [1.54, 1.807) is 41.2 Å². The first-order valence-electron chi connectivity index (χ1n) is 9.62. The molecular weight excluding hydrogens is 400 g/mol. The summed E-state index contributed by atoms with van der Waals surface area (Å²) in [5.74, 6) is 0.00590. The summed E-state index contributed by atoms with van der Waals surface area (Å²) in [5.41, 5.74) is 3.09. The molecule has 0 saturated heterocycles. The van der Waals surface area contributed by atoms with Crippen molar-refractivity contribution in [1.82, 2.24) is 30.0 Å². The summed E-state index contributed by atoms with van der Waals surface area (Å²) in [6.45, 7) is 0.949. The molecule has 0 spiro atoms. The quantitative estimate of drug-likeness (QED) is 0.638. The summed E-state index contributed by atoms with van der Waals surface area (Å²) >= 11 is 0. The highest BCUT2D eigenvalue weighted by Crippen LogP contribution is 2.29. The Morgan fingerprint density at radius 1 is 1.16 bits per heavy atom. The van der Waals surface area contributed by atoms with Crippen molar-refractivity contribution < 1.29 is 19.1 Å². The van der Waals surface area contributed by atoms with Gasteiger partial charge in [-0.2, -0.15) is 10.1 Å². The molecule has 3 aromatic heterocycles. The maximum absolute atomic E-state index is 13.1. The van der Waals surface area contributed by atoms with Gasteiger partial charge in [0.15, 0.2) is 5.69 Å². The molecule has 0 unspecified atom stereocenters. The summed E-state index contributed by atoms with van der Waals surface area (Å²) in [6.07, 6.45) is 3.37. The number of fused-ring (bicyclic) bond motifs is 1. The molecule has 1 aliphatic rings. The van der Waals surface area contributed by atoms with E-state index in [4.69, 9.17) is 9.47 Å². The Hall–Kier alpha value is -3.95. The number of aromatic nitrogens is 4. The second-order valence-electron chi connectivity index (χ2n) is 7.01. The number of hydrogen-bond donors (Lipinski definition) is 1. The number of ether oxygens (including phenoxy) is 2. The second kappa shape index (κ2) is 8.42. The van der Waals surface area contributed by atoms with Crippen LogP contribution in [0.15, 0.2) is 36.7 Å². The van der Waals surface area contributed by atoms with Crippen LogP contribution >= 0.6 is 0 Å². The number of methoxy groups -OCH3 is 2. The van der Waals surface area contributed by atoms with Gasteiger partial charge in [0.25, 0.3) is 11.8 Å². The van der Waals surface area contributed by atoms with Gasteiger partial charge >= 0.3 is 0 Å². The summed E-state index contributed by atoms with van der Waals surface area (Å²) in [7, 11) is 4.71. The maximum Gasteiger partial charge on any atom is 0.272 e. The van der Waals surface area contributed by atoms with Crippen LogP contribution < -0.4 is 14.8 Å². The third-order valence-electron chi connectivity index (χ3n) is 5.11. The number of rotatable bonds is 6. The van der Waals surface area contributed by atoms with Gasteiger partial charge in [0.05, 0.1) is 33.0 Å². The van der Waals surface area contributed by atoms with E-state index in [0.717, 1.165) is 16.8 Å². The van der Waals surface area contributed by atoms with Gasteiger partial charge in [-0.15, -0.1) is 0 Å². The third kappa shape index (κ3) is 3.91. The Labute approximate surface area is 178 Å². The Morgan fingerprint density at radius 2 is 2.00 bits per heavy atom. The number of aryl methyl sites for hydroxylation is 1. The van der Waals surface area contributed by atoms with Gasteiger partial charge < -0.3 is 19.7 Å². The minimum absolute atomic E-state index is 0.188. The van der Waals surface area contributed by atoms with Gasteiger partial charge in [-0.1, -0.05) is 6.07 Å². The lowest BCUT2D eigenvalue weighted by atomic mass is 10.2. The van der Waals surface area contributed by atoms with Crippen LogP contribution in [0.5, 0.6) is 11.8 Å². The number of carbonyl (C=O) groups excluding carboxylic acids is 2. The molecule has 1 N–H and O–H groups in total. The molecule has 0 bridgehead atoms. The zero-order chi connectivity index (χ0) is 22.0. The van der Waals surface area contributed by atoms with Crippen molar-refractivity contribution in [2.45, 2.75) is 19.6 Å². The number of pyridine rings is 2. The third-order valence-corrected chi connectivity index (χ3v) is 5.11. The van der Waals surface area contributed by atoms with Gasteiger partial charge in [0.1, 0.15) is 5.56 Å². The minimum atomic E-state index is -0.293. The molecule has 2 amide bonds. The van der Waals surface area contributed by atoms with E-state index in [9.17, 15) is 9.59 Å². The van der Waals surface area contributed by atoms with Crippen LogP contribution in [0, 0.1) is 0 Å². The Kier molecular flexibility index (Phi) is 5.52. The van der Waals surface area contributed by atoms with E-state index in [1.807, 2.05) is 12.1 Å². The first-order valence-corrected chi connectivity index (χ1v) is 9.62. The Bertz CT molecular complexity index is 1130. The van der Waals surface area contributed by atoms with Crippen LogP contribution in [0.3, 0.4) is 0 Å². The monoisotopic (exact) mass is 422 g/mol. The number of amides is 2. The molecule has 0 aliphatic carbocycles. The average Bonchev–Trinajstić information content (AvgIpc) is 3.37. The fraction of sp³-hybridized carbons (Fsp3) is 0.286. The van der Waals surface area contributed by atoms with Crippen LogP contribution in [0.1, 0.15) is 37.7 Å². The van der Waals surface area contributed by atoms with Gasteiger partial charge in [-0.05, 0) is 17.7 Å². The number of carbonyl (C=O) groups is 2. The largest absolute Gasteiger partial charge is 0.481 e. The van der Waals surface area contributed by atoms with Gasteiger partial charge in [0.2, 0.25) is 11.8 Å². The molecule has 160 valence electrons. The molecule has 10 nitrogen and oxygen atoms in total. The van der Waals surface area contributed by atoms with Crippen LogP contribution in [0.2, 0.25) is 0 Å². The molecule has 10 heteroatoms.